The molecule has 1 unspecified atom stereocenters. The van der Waals surface area contributed by atoms with Crippen LogP contribution in [0, 0.1) is 0 Å². The van der Waals surface area contributed by atoms with E-state index in [2.05, 4.69) is 6.92 Å². The van der Waals surface area contributed by atoms with Crippen molar-refractivity contribution in [3.05, 3.63) is 12.2 Å². The quantitative estimate of drug-likeness (QED) is 0.343. The fourth-order valence-corrected chi connectivity index (χ4v) is 1.15. The van der Waals surface area contributed by atoms with E-state index < -0.39 is 12.5 Å². The first-order valence-electron chi connectivity index (χ1n) is 5.12. The Labute approximate surface area is 86.1 Å². The lowest BCUT2D eigenvalue weighted by Crippen LogP contribution is -2.09. The Morgan fingerprint density at radius 3 is 2.29 bits per heavy atom. The second kappa shape index (κ2) is 9.16. The molecule has 84 valence electrons. The lowest BCUT2D eigenvalue weighted by molar-refractivity contribution is -0.0669. The number of hydrogen-bond donors (Lipinski definition) is 0. The highest BCUT2D eigenvalue weighted by molar-refractivity contribution is 4.91. The number of rotatable bonds is 8. The molecule has 0 N–H and O–H groups in total. The molecular formula is C11H21FO2. The van der Waals surface area contributed by atoms with Gasteiger partial charge in [-0.25, -0.2) is 4.39 Å². The van der Waals surface area contributed by atoms with Crippen LogP contribution in [-0.2, 0) is 9.47 Å². The number of methoxy groups -OCH3 is 2. The van der Waals surface area contributed by atoms with E-state index in [1.54, 1.807) is 6.08 Å². The van der Waals surface area contributed by atoms with Gasteiger partial charge in [0.1, 0.15) is 6.17 Å². The van der Waals surface area contributed by atoms with Crippen molar-refractivity contribution in [3.63, 3.8) is 0 Å². The van der Waals surface area contributed by atoms with Gasteiger partial charge in [0.05, 0.1) is 0 Å². The predicted octanol–water partition coefficient (Wildman–Crippen LogP) is 3.08. The molecule has 2 nitrogen and oxygen atoms in total. The number of allylic oxidation sites excluding steroid dienone is 1. The van der Waals surface area contributed by atoms with Crippen LogP contribution in [0.3, 0.4) is 0 Å². The summed E-state index contributed by atoms with van der Waals surface area (Å²) < 4.78 is 23.0. The number of ether oxygens (including phenoxy) is 2. The second-order valence-electron chi connectivity index (χ2n) is 3.24. The third-order valence-electron chi connectivity index (χ3n) is 2.03. The zero-order valence-corrected chi connectivity index (χ0v) is 9.33. The summed E-state index contributed by atoms with van der Waals surface area (Å²) in [5, 5.41) is 0. The highest BCUT2D eigenvalue weighted by atomic mass is 19.1. The Morgan fingerprint density at radius 2 is 1.79 bits per heavy atom. The van der Waals surface area contributed by atoms with Crippen LogP contribution in [0.25, 0.3) is 0 Å². The van der Waals surface area contributed by atoms with Gasteiger partial charge in [-0.2, -0.15) is 0 Å². The molecule has 0 saturated heterocycles. The third-order valence-corrected chi connectivity index (χ3v) is 2.03. The van der Waals surface area contributed by atoms with Crippen LogP contribution in [0.4, 0.5) is 4.39 Å². The van der Waals surface area contributed by atoms with Gasteiger partial charge in [-0.15, -0.1) is 0 Å². The van der Waals surface area contributed by atoms with Crippen molar-refractivity contribution in [3.8, 4) is 0 Å². The zero-order valence-electron chi connectivity index (χ0n) is 9.33. The molecule has 0 fully saturated rings. The van der Waals surface area contributed by atoms with Crippen LogP contribution in [0.15, 0.2) is 12.2 Å². The molecule has 0 heterocycles. The number of alkyl halides is 1. The third kappa shape index (κ3) is 7.04. The van der Waals surface area contributed by atoms with Crippen LogP contribution in [0.2, 0.25) is 0 Å². The van der Waals surface area contributed by atoms with Crippen molar-refractivity contribution >= 4 is 0 Å². The summed E-state index contributed by atoms with van der Waals surface area (Å²) in [6, 6.07) is 0. The first-order chi connectivity index (χ1) is 6.74. The summed E-state index contributed by atoms with van der Waals surface area (Å²) in [5.41, 5.74) is 0. The molecular weight excluding hydrogens is 183 g/mol. The molecule has 0 aliphatic rings. The monoisotopic (exact) mass is 204 g/mol. The van der Waals surface area contributed by atoms with E-state index in [1.807, 2.05) is 0 Å². The normalized spacial score (nSPS) is 14.1. The maximum absolute atomic E-state index is 13.2. The molecule has 0 aromatic carbocycles. The molecule has 0 bridgehead atoms. The summed E-state index contributed by atoms with van der Waals surface area (Å²) in [5.74, 6) is 0. The average molecular weight is 204 g/mol. The minimum Gasteiger partial charge on any atom is -0.352 e. The Kier molecular flexibility index (Phi) is 8.89. The maximum Gasteiger partial charge on any atom is 0.176 e. The van der Waals surface area contributed by atoms with Crippen molar-refractivity contribution in [1.82, 2.24) is 0 Å². The van der Waals surface area contributed by atoms with Gasteiger partial charge in [0.15, 0.2) is 6.29 Å². The number of unbranched alkanes of at least 4 members (excludes halogenated alkanes) is 2. The standard InChI is InChI=1S/C11H21FO2/c1-4-5-6-7-10(12)8-9-11(13-2)14-3/h8-11H,4-7H2,1-3H3. The smallest absolute Gasteiger partial charge is 0.176 e. The molecule has 0 amide bonds. The summed E-state index contributed by atoms with van der Waals surface area (Å²) in [6.45, 7) is 2.11. The van der Waals surface area contributed by atoms with Gasteiger partial charge in [0, 0.05) is 14.2 Å². The van der Waals surface area contributed by atoms with Gasteiger partial charge >= 0.3 is 0 Å². The fourth-order valence-electron chi connectivity index (χ4n) is 1.15. The summed E-state index contributed by atoms with van der Waals surface area (Å²) in [7, 11) is 3.06. The molecule has 0 saturated carbocycles. The summed E-state index contributed by atoms with van der Waals surface area (Å²) >= 11 is 0. The van der Waals surface area contributed by atoms with Gasteiger partial charge in [-0.1, -0.05) is 26.2 Å². The van der Waals surface area contributed by atoms with Crippen molar-refractivity contribution in [1.29, 1.82) is 0 Å². The Hall–Kier alpha value is -0.410. The first kappa shape index (κ1) is 13.6. The maximum atomic E-state index is 13.2. The Bertz CT molecular complexity index is 144. The molecule has 0 aliphatic carbocycles. The number of hydrogen-bond acceptors (Lipinski definition) is 2. The molecule has 0 aromatic rings. The molecule has 0 rings (SSSR count). The van der Waals surface area contributed by atoms with E-state index in [9.17, 15) is 4.39 Å². The van der Waals surface area contributed by atoms with E-state index >= 15 is 0 Å². The lowest BCUT2D eigenvalue weighted by atomic mass is 10.1. The van der Waals surface area contributed by atoms with E-state index in [0.717, 1.165) is 19.3 Å². The number of halogens is 1. The lowest BCUT2D eigenvalue weighted by Gasteiger charge is -2.08. The van der Waals surface area contributed by atoms with E-state index in [1.165, 1.54) is 20.3 Å². The minimum atomic E-state index is -0.880. The van der Waals surface area contributed by atoms with Crippen LogP contribution in [0.1, 0.15) is 32.6 Å². The first-order valence-corrected chi connectivity index (χ1v) is 5.12. The van der Waals surface area contributed by atoms with E-state index in [-0.39, 0.29) is 0 Å². The van der Waals surface area contributed by atoms with Crippen molar-refractivity contribution in [2.75, 3.05) is 14.2 Å². The molecule has 0 spiro atoms. The molecule has 1 atom stereocenters. The van der Waals surface area contributed by atoms with Crippen LogP contribution in [0.5, 0.6) is 0 Å². The summed E-state index contributed by atoms with van der Waals surface area (Å²) in [6.07, 6.45) is 5.54. The molecule has 0 aliphatic heterocycles. The second-order valence-corrected chi connectivity index (χ2v) is 3.24. The van der Waals surface area contributed by atoms with Gasteiger partial charge < -0.3 is 9.47 Å². The van der Waals surface area contributed by atoms with Gasteiger partial charge in [0.2, 0.25) is 0 Å². The minimum absolute atomic E-state index is 0.431. The highest BCUT2D eigenvalue weighted by Crippen LogP contribution is 2.08. The SMILES string of the molecule is CCCCCC(F)C=CC(OC)OC. The molecule has 0 aromatic heterocycles. The predicted molar refractivity (Wildman–Crippen MR) is 56.0 cm³/mol. The van der Waals surface area contributed by atoms with Crippen LogP contribution in [-0.4, -0.2) is 26.7 Å². The van der Waals surface area contributed by atoms with Crippen LogP contribution < -0.4 is 0 Å². The average Bonchev–Trinajstić information content (AvgIpc) is 2.20. The van der Waals surface area contributed by atoms with Crippen molar-refractivity contribution < 1.29 is 13.9 Å². The van der Waals surface area contributed by atoms with E-state index in [0.29, 0.717) is 6.42 Å². The highest BCUT2D eigenvalue weighted by Gasteiger charge is 2.03. The Morgan fingerprint density at radius 1 is 1.14 bits per heavy atom. The van der Waals surface area contributed by atoms with Gasteiger partial charge in [0.25, 0.3) is 0 Å². The zero-order chi connectivity index (χ0) is 10.8. The molecule has 0 radical (unpaired) electrons. The largest absolute Gasteiger partial charge is 0.352 e. The molecule has 3 heteroatoms. The van der Waals surface area contributed by atoms with Gasteiger partial charge in [-0.3, -0.25) is 0 Å². The van der Waals surface area contributed by atoms with Crippen molar-refractivity contribution in [2.45, 2.75) is 45.1 Å². The molecule has 14 heavy (non-hydrogen) atoms. The van der Waals surface area contributed by atoms with Crippen molar-refractivity contribution in [2.24, 2.45) is 0 Å². The van der Waals surface area contributed by atoms with Crippen LogP contribution >= 0.6 is 0 Å². The van der Waals surface area contributed by atoms with Gasteiger partial charge in [-0.05, 0) is 18.6 Å². The van der Waals surface area contributed by atoms with E-state index in [4.69, 9.17) is 9.47 Å². The summed E-state index contributed by atoms with van der Waals surface area (Å²) in [4.78, 5) is 0. The topological polar surface area (TPSA) is 18.5 Å². The Balaban J connectivity index is 3.62. The fraction of sp³-hybridized carbons (Fsp3) is 0.818.